The van der Waals surface area contributed by atoms with Gasteiger partial charge in [-0.3, -0.25) is 5.01 Å². The normalized spacial score (nSPS) is 20.2. The molecule has 0 radical (unpaired) electrons. The van der Waals surface area contributed by atoms with Gasteiger partial charge in [0.05, 0.1) is 12.6 Å². The second kappa shape index (κ2) is 10.4. The molecule has 1 aliphatic rings. The molecule has 5 nitrogen and oxygen atoms in total. The molecule has 0 bridgehead atoms. The summed E-state index contributed by atoms with van der Waals surface area (Å²) in [6.45, 7) is 2.62. The number of hydrogen-bond donors (Lipinski definition) is 1. The number of hydrogen-bond acceptors (Lipinski definition) is 5. The molecule has 0 aromatic heterocycles. The molecular weight excluding hydrogens is 400 g/mol. The van der Waals surface area contributed by atoms with Gasteiger partial charge in [0.2, 0.25) is 0 Å². The van der Waals surface area contributed by atoms with E-state index in [1.165, 1.54) is 0 Å². The Morgan fingerprint density at radius 3 is 1.75 bits per heavy atom. The molecule has 0 saturated carbocycles. The van der Waals surface area contributed by atoms with Gasteiger partial charge in [-0.1, -0.05) is 91.0 Å². The Morgan fingerprint density at radius 1 is 0.844 bits per heavy atom. The molecule has 1 fully saturated rings. The van der Waals surface area contributed by atoms with E-state index in [9.17, 15) is 0 Å². The van der Waals surface area contributed by atoms with E-state index in [0.29, 0.717) is 13.0 Å². The lowest BCUT2D eigenvalue weighted by Gasteiger charge is -2.42. The Hall–Kier alpha value is -2.54. The van der Waals surface area contributed by atoms with Crippen molar-refractivity contribution in [3.8, 4) is 0 Å². The first-order valence-corrected chi connectivity index (χ1v) is 11.1. The van der Waals surface area contributed by atoms with Crippen LogP contribution in [0.5, 0.6) is 0 Å². The fourth-order valence-electron chi connectivity index (χ4n) is 4.27. The van der Waals surface area contributed by atoms with Gasteiger partial charge < -0.3 is 14.2 Å². The molecule has 0 aliphatic carbocycles. The Bertz CT molecular complexity index is 854. The van der Waals surface area contributed by atoms with Gasteiger partial charge in [0, 0.05) is 20.5 Å². The second-order valence-electron chi connectivity index (χ2n) is 8.30. The Labute approximate surface area is 190 Å². The molecule has 0 unspecified atom stereocenters. The third-order valence-corrected chi connectivity index (χ3v) is 5.64. The molecule has 0 spiro atoms. The van der Waals surface area contributed by atoms with E-state index in [-0.39, 0.29) is 6.04 Å². The van der Waals surface area contributed by atoms with E-state index in [0.717, 1.165) is 16.7 Å². The molecule has 0 amide bonds. The van der Waals surface area contributed by atoms with Crippen molar-refractivity contribution in [2.75, 3.05) is 20.7 Å². The highest BCUT2D eigenvalue weighted by atomic mass is 16.8. The highest BCUT2D eigenvalue weighted by Gasteiger charge is 2.42. The van der Waals surface area contributed by atoms with Crippen molar-refractivity contribution >= 4 is 0 Å². The van der Waals surface area contributed by atoms with Gasteiger partial charge in [-0.2, -0.15) is 0 Å². The van der Waals surface area contributed by atoms with Crippen LogP contribution in [0, 0.1) is 0 Å². The minimum Gasteiger partial charge on any atom is -0.351 e. The number of benzene rings is 3. The van der Waals surface area contributed by atoms with Crippen molar-refractivity contribution in [3.63, 3.8) is 0 Å². The van der Waals surface area contributed by atoms with Crippen LogP contribution in [0.15, 0.2) is 91.0 Å². The van der Waals surface area contributed by atoms with Crippen molar-refractivity contribution in [2.24, 2.45) is 0 Å². The molecule has 1 saturated heterocycles. The molecule has 5 heteroatoms. The largest absolute Gasteiger partial charge is 0.351 e. The SMILES string of the molecule is C[C@@H](NN(C)C)[C@H]1OCC[C@@H](OC(c2ccccc2)(c2ccccc2)c2ccccc2)O1. The van der Waals surface area contributed by atoms with Crippen LogP contribution in [0.1, 0.15) is 30.0 Å². The van der Waals surface area contributed by atoms with Gasteiger partial charge >= 0.3 is 0 Å². The fraction of sp³-hybridized carbons (Fsp3) is 0.333. The summed E-state index contributed by atoms with van der Waals surface area (Å²) in [4.78, 5) is 0. The van der Waals surface area contributed by atoms with Gasteiger partial charge in [-0.15, -0.1) is 0 Å². The maximum atomic E-state index is 6.98. The Kier molecular flexibility index (Phi) is 7.35. The monoisotopic (exact) mass is 432 g/mol. The molecule has 1 aliphatic heterocycles. The van der Waals surface area contributed by atoms with E-state index in [1.54, 1.807) is 0 Å². The van der Waals surface area contributed by atoms with Crippen molar-refractivity contribution in [3.05, 3.63) is 108 Å². The summed E-state index contributed by atoms with van der Waals surface area (Å²) in [5.74, 6) is 0. The molecule has 3 aromatic carbocycles. The van der Waals surface area contributed by atoms with E-state index in [4.69, 9.17) is 14.2 Å². The molecule has 168 valence electrons. The van der Waals surface area contributed by atoms with Gasteiger partial charge in [-0.25, -0.2) is 5.43 Å². The van der Waals surface area contributed by atoms with Gasteiger partial charge in [0.1, 0.15) is 5.60 Å². The zero-order valence-corrected chi connectivity index (χ0v) is 19.0. The van der Waals surface area contributed by atoms with Crippen molar-refractivity contribution in [1.29, 1.82) is 0 Å². The maximum absolute atomic E-state index is 6.98. The molecule has 3 atom stereocenters. The average Bonchev–Trinajstić information content (AvgIpc) is 2.84. The second-order valence-corrected chi connectivity index (χ2v) is 8.30. The molecule has 32 heavy (non-hydrogen) atoms. The van der Waals surface area contributed by atoms with E-state index in [1.807, 2.05) is 44.2 Å². The summed E-state index contributed by atoms with van der Waals surface area (Å²) in [5, 5.41) is 1.91. The number of ether oxygens (including phenoxy) is 3. The minimum absolute atomic E-state index is 0.0176. The zero-order valence-electron chi connectivity index (χ0n) is 19.0. The van der Waals surface area contributed by atoms with Crippen LogP contribution in [-0.2, 0) is 19.8 Å². The van der Waals surface area contributed by atoms with Crippen LogP contribution < -0.4 is 5.43 Å². The molecular formula is C27H32N2O3. The maximum Gasteiger partial charge on any atom is 0.176 e. The Balaban J connectivity index is 1.75. The molecule has 1 N–H and O–H groups in total. The van der Waals surface area contributed by atoms with Gasteiger partial charge in [0.25, 0.3) is 0 Å². The number of rotatable bonds is 8. The molecule has 1 heterocycles. The summed E-state index contributed by atoms with van der Waals surface area (Å²) in [7, 11) is 3.91. The quantitative estimate of drug-likeness (QED) is 0.418. The standard InChI is InChI=1S/C27H32N2O3/c1-21(28-29(2)3)26-30-20-19-25(31-26)32-27(22-13-7-4-8-14-22,23-15-9-5-10-16-23)24-17-11-6-12-18-24/h4-18,21,25-26,28H,19-20H2,1-3H3/t21-,25-,26+/m1/s1. The van der Waals surface area contributed by atoms with Gasteiger partial charge in [-0.05, 0) is 23.6 Å². The summed E-state index contributed by atoms with van der Waals surface area (Å²) in [5.41, 5.74) is 5.68. The predicted molar refractivity (Wildman–Crippen MR) is 126 cm³/mol. The molecule has 3 aromatic rings. The van der Waals surface area contributed by atoms with E-state index < -0.39 is 18.2 Å². The lowest BCUT2D eigenvalue weighted by molar-refractivity contribution is -0.311. The predicted octanol–water partition coefficient (Wildman–Crippen LogP) is 4.54. The van der Waals surface area contributed by atoms with Crippen LogP contribution in [-0.4, -0.2) is 44.3 Å². The van der Waals surface area contributed by atoms with Gasteiger partial charge in [0.15, 0.2) is 12.6 Å². The first kappa shape index (κ1) is 22.6. The third-order valence-electron chi connectivity index (χ3n) is 5.64. The third kappa shape index (κ3) is 4.93. The van der Waals surface area contributed by atoms with Crippen molar-refractivity contribution in [2.45, 2.75) is 37.6 Å². The highest BCUT2D eigenvalue weighted by Crippen LogP contribution is 2.42. The van der Waals surface area contributed by atoms with Crippen molar-refractivity contribution in [1.82, 2.24) is 10.4 Å². The summed E-state index contributed by atoms with van der Waals surface area (Å²) >= 11 is 0. The lowest BCUT2D eigenvalue weighted by atomic mass is 9.80. The molecule has 4 rings (SSSR count). The van der Waals surface area contributed by atoms with Crippen LogP contribution in [0.4, 0.5) is 0 Å². The first-order chi connectivity index (χ1) is 15.6. The zero-order chi connectivity index (χ0) is 22.4. The fourth-order valence-corrected chi connectivity index (χ4v) is 4.27. The van der Waals surface area contributed by atoms with E-state index >= 15 is 0 Å². The van der Waals surface area contributed by atoms with Crippen LogP contribution >= 0.6 is 0 Å². The summed E-state index contributed by atoms with van der Waals surface area (Å²) in [6.07, 6.45) is -0.184. The summed E-state index contributed by atoms with van der Waals surface area (Å²) in [6, 6.07) is 31.1. The Morgan fingerprint density at radius 2 is 1.31 bits per heavy atom. The van der Waals surface area contributed by atoms with Crippen LogP contribution in [0.2, 0.25) is 0 Å². The number of nitrogens with zero attached hydrogens (tertiary/aromatic N) is 1. The topological polar surface area (TPSA) is 43.0 Å². The first-order valence-electron chi connectivity index (χ1n) is 11.1. The van der Waals surface area contributed by atoms with Crippen LogP contribution in [0.3, 0.4) is 0 Å². The smallest absolute Gasteiger partial charge is 0.176 e. The summed E-state index contributed by atoms with van der Waals surface area (Å²) < 4.78 is 19.2. The number of nitrogens with one attached hydrogen (secondary N) is 1. The number of hydrazine groups is 1. The average molecular weight is 433 g/mol. The van der Waals surface area contributed by atoms with Crippen LogP contribution in [0.25, 0.3) is 0 Å². The minimum atomic E-state index is -0.811. The van der Waals surface area contributed by atoms with E-state index in [2.05, 4.69) is 78.2 Å². The highest BCUT2D eigenvalue weighted by molar-refractivity contribution is 5.47. The van der Waals surface area contributed by atoms with Crippen molar-refractivity contribution < 1.29 is 14.2 Å². The lowest BCUT2D eigenvalue weighted by Crippen LogP contribution is -2.51.